The fraction of sp³-hybridized carbons (Fsp3) is 0.632. The van der Waals surface area contributed by atoms with E-state index in [-0.39, 0.29) is 12.0 Å². The minimum Gasteiger partial charge on any atom is -0.496 e. The number of esters is 1. The fourth-order valence-corrected chi connectivity index (χ4v) is 3.99. The van der Waals surface area contributed by atoms with Gasteiger partial charge in [0.05, 0.1) is 14.2 Å². The van der Waals surface area contributed by atoms with Gasteiger partial charge in [0.1, 0.15) is 11.8 Å². The Labute approximate surface area is 144 Å². The first kappa shape index (κ1) is 17.2. The second kappa shape index (κ2) is 7.11. The second-order valence-electron chi connectivity index (χ2n) is 7.11. The summed E-state index contributed by atoms with van der Waals surface area (Å²) in [6, 6.07) is 4.65. The largest absolute Gasteiger partial charge is 0.496 e. The van der Waals surface area contributed by atoms with Gasteiger partial charge in [-0.25, -0.2) is 0 Å². The zero-order chi connectivity index (χ0) is 17.3. The molecule has 0 N–H and O–H groups in total. The molecule has 1 aliphatic carbocycles. The molecule has 1 saturated heterocycles. The number of hydrogen-bond donors (Lipinski definition) is 0. The van der Waals surface area contributed by atoms with Crippen LogP contribution in [-0.2, 0) is 28.9 Å². The minimum absolute atomic E-state index is 0.139. The quantitative estimate of drug-likeness (QED) is 0.770. The van der Waals surface area contributed by atoms with Crippen LogP contribution in [0.1, 0.15) is 29.5 Å². The first-order chi connectivity index (χ1) is 11.5. The van der Waals surface area contributed by atoms with Crippen molar-refractivity contribution < 1.29 is 14.3 Å². The lowest BCUT2D eigenvalue weighted by Gasteiger charge is -2.24. The third kappa shape index (κ3) is 3.28. The summed E-state index contributed by atoms with van der Waals surface area (Å²) in [6.07, 6.45) is 4.32. The van der Waals surface area contributed by atoms with E-state index in [2.05, 4.69) is 36.0 Å². The van der Waals surface area contributed by atoms with Crippen molar-refractivity contribution in [3.63, 3.8) is 0 Å². The number of ether oxygens (including phenoxy) is 2. The molecule has 2 aliphatic rings. The Balaban J connectivity index is 1.84. The number of likely N-dealkylation sites (N-methyl/N-ethyl adjacent to an activating group) is 1. The third-order valence-electron chi connectivity index (χ3n) is 5.45. The first-order valence-electron chi connectivity index (χ1n) is 8.70. The maximum Gasteiger partial charge on any atom is 0.323 e. The van der Waals surface area contributed by atoms with Crippen molar-refractivity contribution in [3.05, 3.63) is 28.8 Å². The number of aryl methyl sites for hydroxylation is 2. The molecule has 1 fully saturated rings. The molecule has 3 rings (SSSR count). The van der Waals surface area contributed by atoms with Gasteiger partial charge in [0.2, 0.25) is 0 Å². The van der Waals surface area contributed by atoms with E-state index in [1.807, 2.05) is 0 Å². The van der Waals surface area contributed by atoms with Crippen LogP contribution in [0.3, 0.4) is 0 Å². The molecule has 5 heteroatoms. The monoisotopic (exact) mass is 332 g/mol. The maximum atomic E-state index is 12.2. The molecule has 0 aromatic heterocycles. The lowest BCUT2D eigenvalue weighted by atomic mass is 10.0. The molecule has 132 valence electrons. The van der Waals surface area contributed by atoms with E-state index in [9.17, 15) is 4.79 Å². The third-order valence-corrected chi connectivity index (χ3v) is 5.45. The smallest absolute Gasteiger partial charge is 0.323 e. The molecule has 0 spiro atoms. The number of methoxy groups -OCH3 is 2. The highest BCUT2D eigenvalue weighted by atomic mass is 16.5. The number of carbonyl (C=O) groups excluding carboxylic acids is 1. The molecule has 1 aromatic carbocycles. The lowest BCUT2D eigenvalue weighted by Crippen LogP contribution is -2.36. The Bertz CT molecular complexity index is 615. The summed E-state index contributed by atoms with van der Waals surface area (Å²) < 4.78 is 10.7. The average molecular weight is 332 g/mol. The van der Waals surface area contributed by atoms with Crippen LogP contribution in [0.2, 0.25) is 0 Å². The summed E-state index contributed by atoms with van der Waals surface area (Å²) in [5, 5.41) is 0. The van der Waals surface area contributed by atoms with Crippen LogP contribution < -0.4 is 4.74 Å². The normalized spacial score (nSPS) is 23.5. The zero-order valence-corrected chi connectivity index (χ0v) is 15.2. The molecule has 1 aliphatic heterocycles. The molecule has 0 radical (unpaired) electrons. The van der Waals surface area contributed by atoms with Gasteiger partial charge in [-0.3, -0.25) is 9.69 Å². The minimum atomic E-state index is -0.180. The van der Waals surface area contributed by atoms with E-state index >= 15 is 0 Å². The van der Waals surface area contributed by atoms with Gasteiger partial charge in [-0.2, -0.15) is 0 Å². The Morgan fingerprint density at radius 1 is 1.25 bits per heavy atom. The van der Waals surface area contributed by atoms with Crippen LogP contribution in [0.5, 0.6) is 5.75 Å². The number of rotatable bonds is 5. The van der Waals surface area contributed by atoms with Gasteiger partial charge in [0.15, 0.2) is 0 Å². The fourth-order valence-electron chi connectivity index (χ4n) is 3.99. The molecular formula is C19H28N2O3. The maximum absolute atomic E-state index is 12.2. The molecule has 2 atom stereocenters. The molecule has 5 nitrogen and oxygen atoms in total. The van der Waals surface area contributed by atoms with E-state index in [0.717, 1.165) is 38.1 Å². The van der Waals surface area contributed by atoms with Gasteiger partial charge in [-0.1, -0.05) is 6.07 Å². The Hall–Kier alpha value is -1.59. The molecule has 1 heterocycles. The summed E-state index contributed by atoms with van der Waals surface area (Å²) >= 11 is 0. The van der Waals surface area contributed by atoms with Gasteiger partial charge in [-0.15, -0.1) is 0 Å². The lowest BCUT2D eigenvalue weighted by molar-refractivity contribution is -0.146. The van der Waals surface area contributed by atoms with E-state index in [4.69, 9.17) is 9.47 Å². The highest BCUT2D eigenvalue weighted by molar-refractivity contribution is 5.76. The number of fused-ring (bicyclic) bond motifs is 1. The summed E-state index contributed by atoms with van der Waals surface area (Å²) in [4.78, 5) is 16.6. The Kier molecular flexibility index (Phi) is 5.11. The summed E-state index contributed by atoms with van der Waals surface area (Å²) in [7, 11) is 7.33. The number of likely N-dealkylation sites (tertiary alicyclic amines) is 1. The number of nitrogens with zero attached hydrogens (tertiary/aromatic N) is 2. The van der Waals surface area contributed by atoms with Crippen LogP contribution in [0.4, 0.5) is 0 Å². The molecule has 1 aromatic rings. The standard InChI is InChI=1S/C19H28N2O3/c1-20(2)16-10-17(19(22)24-4)21(12-16)11-15-8-13-6-5-7-14(13)9-18(15)23-3/h8-9,16-17H,5-7,10-12H2,1-4H3/t16-,17+/m1/s1. The van der Waals surface area contributed by atoms with Crippen molar-refractivity contribution in [2.45, 2.75) is 44.3 Å². The highest BCUT2D eigenvalue weighted by Crippen LogP contribution is 2.32. The van der Waals surface area contributed by atoms with Crippen LogP contribution in [0.15, 0.2) is 12.1 Å². The van der Waals surface area contributed by atoms with E-state index in [0.29, 0.717) is 6.04 Å². The van der Waals surface area contributed by atoms with Gasteiger partial charge in [0, 0.05) is 24.7 Å². The topological polar surface area (TPSA) is 42.0 Å². The first-order valence-corrected chi connectivity index (χ1v) is 8.70. The Morgan fingerprint density at radius 3 is 2.58 bits per heavy atom. The van der Waals surface area contributed by atoms with Gasteiger partial charge in [-0.05, 0) is 57.0 Å². The molecule has 0 bridgehead atoms. The average Bonchev–Trinajstić information content (AvgIpc) is 3.19. The number of hydrogen-bond acceptors (Lipinski definition) is 5. The Morgan fingerprint density at radius 2 is 1.96 bits per heavy atom. The number of benzene rings is 1. The van der Waals surface area contributed by atoms with Crippen molar-refractivity contribution in [2.75, 3.05) is 34.9 Å². The molecule has 0 unspecified atom stereocenters. The van der Waals surface area contributed by atoms with Gasteiger partial charge in [0.25, 0.3) is 0 Å². The highest BCUT2D eigenvalue weighted by Gasteiger charge is 2.38. The van der Waals surface area contributed by atoms with E-state index in [1.54, 1.807) is 7.11 Å². The predicted molar refractivity (Wildman–Crippen MR) is 93.3 cm³/mol. The van der Waals surface area contributed by atoms with Crippen molar-refractivity contribution in [2.24, 2.45) is 0 Å². The SMILES string of the molecule is COC(=O)[C@@H]1C[C@@H](N(C)C)CN1Cc1cc2c(cc1OC)CCC2. The van der Waals surface area contributed by atoms with Crippen LogP contribution in [0.25, 0.3) is 0 Å². The van der Waals surface area contributed by atoms with Crippen LogP contribution in [-0.4, -0.2) is 62.7 Å². The van der Waals surface area contributed by atoms with E-state index < -0.39 is 0 Å². The van der Waals surface area contributed by atoms with Crippen LogP contribution >= 0.6 is 0 Å². The summed E-state index contributed by atoms with van der Waals surface area (Å²) in [6.45, 7) is 1.59. The number of carbonyl (C=O) groups is 1. The summed E-state index contributed by atoms with van der Waals surface area (Å²) in [5.41, 5.74) is 4.02. The van der Waals surface area contributed by atoms with Crippen molar-refractivity contribution in [3.8, 4) is 5.75 Å². The molecule has 24 heavy (non-hydrogen) atoms. The molecule has 0 amide bonds. The predicted octanol–water partition coefficient (Wildman–Crippen LogP) is 1.86. The summed E-state index contributed by atoms with van der Waals surface area (Å²) in [5.74, 6) is 0.798. The van der Waals surface area contributed by atoms with E-state index in [1.165, 1.54) is 30.2 Å². The molecular weight excluding hydrogens is 304 g/mol. The van der Waals surface area contributed by atoms with Gasteiger partial charge < -0.3 is 14.4 Å². The van der Waals surface area contributed by atoms with Crippen molar-refractivity contribution in [1.82, 2.24) is 9.80 Å². The van der Waals surface area contributed by atoms with Crippen molar-refractivity contribution in [1.29, 1.82) is 0 Å². The van der Waals surface area contributed by atoms with Crippen LogP contribution in [0, 0.1) is 0 Å². The second-order valence-corrected chi connectivity index (χ2v) is 7.11. The molecule has 0 saturated carbocycles. The zero-order valence-electron chi connectivity index (χ0n) is 15.2. The van der Waals surface area contributed by atoms with Gasteiger partial charge >= 0.3 is 5.97 Å². The van der Waals surface area contributed by atoms with Crippen molar-refractivity contribution >= 4 is 5.97 Å².